The molecule has 1 saturated heterocycles. The number of piperidine rings is 1. The second kappa shape index (κ2) is 7.61. The van der Waals surface area contributed by atoms with Crippen LogP contribution in [-0.4, -0.2) is 49.3 Å². The first-order valence-corrected chi connectivity index (χ1v) is 7.93. The molecule has 2 N–H and O–H groups in total. The number of carbonyl (C=O) groups is 2. The lowest BCUT2D eigenvalue weighted by molar-refractivity contribution is -0.143. The molecule has 2 rings (SSSR count). The average molecular weight is 357 g/mol. The van der Waals surface area contributed by atoms with Crippen LogP contribution in [-0.2, 0) is 4.79 Å². The summed E-state index contributed by atoms with van der Waals surface area (Å²) in [6, 6.07) is 2.74. The van der Waals surface area contributed by atoms with Crippen LogP contribution in [0.2, 0.25) is 5.02 Å². The first kappa shape index (κ1) is 18.2. The van der Waals surface area contributed by atoms with Crippen molar-refractivity contribution in [1.82, 2.24) is 4.90 Å². The maximum absolute atomic E-state index is 12.5. The number of amides is 2. The Kier molecular flexibility index (Phi) is 5.77. The van der Waals surface area contributed by atoms with Crippen molar-refractivity contribution >= 4 is 29.3 Å². The molecule has 0 aromatic heterocycles. The molecular formula is C16H21ClN2O5. The summed E-state index contributed by atoms with van der Waals surface area (Å²) in [4.78, 5) is 25.2. The summed E-state index contributed by atoms with van der Waals surface area (Å²) in [7, 11) is 2.96. The summed E-state index contributed by atoms with van der Waals surface area (Å²) < 4.78 is 10.4. The van der Waals surface area contributed by atoms with Gasteiger partial charge in [-0.1, -0.05) is 18.5 Å². The highest BCUT2D eigenvalue weighted by molar-refractivity contribution is 6.32. The molecule has 2 amide bonds. The van der Waals surface area contributed by atoms with Crippen molar-refractivity contribution in [3.63, 3.8) is 0 Å². The Hall–Kier alpha value is -2.15. The zero-order valence-corrected chi connectivity index (χ0v) is 14.6. The minimum Gasteiger partial charge on any atom is -0.495 e. The molecule has 2 unspecified atom stereocenters. The fraction of sp³-hybridized carbons (Fsp3) is 0.500. The number of aliphatic carboxylic acids is 1. The molecule has 1 fully saturated rings. The molecule has 0 spiro atoms. The van der Waals surface area contributed by atoms with Crippen LogP contribution in [0.25, 0.3) is 0 Å². The minimum atomic E-state index is -0.885. The van der Waals surface area contributed by atoms with E-state index >= 15 is 0 Å². The Labute approximate surface area is 145 Å². The molecule has 1 aliphatic heterocycles. The van der Waals surface area contributed by atoms with Gasteiger partial charge in [-0.2, -0.15) is 0 Å². The molecule has 1 aliphatic rings. The highest BCUT2D eigenvalue weighted by Crippen LogP contribution is 2.36. The van der Waals surface area contributed by atoms with Crippen molar-refractivity contribution in [3.05, 3.63) is 17.2 Å². The van der Waals surface area contributed by atoms with Crippen LogP contribution >= 0.6 is 11.6 Å². The van der Waals surface area contributed by atoms with Gasteiger partial charge in [0.05, 0.1) is 30.8 Å². The number of nitrogens with zero attached hydrogens (tertiary/aromatic N) is 1. The lowest BCUT2D eigenvalue weighted by atomic mass is 9.91. The summed E-state index contributed by atoms with van der Waals surface area (Å²) in [5.41, 5.74) is 0.401. The van der Waals surface area contributed by atoms with Gasteiger partial charge in [-0.15, -0.1) is 0 Å². The summed E-state index contributed by atoms with van der Waals surface area (Å²) in [5.74, 6) is -0.481. The molecule has 132 valence electrons. The largest absolute Gasteiger partial charge is 0.495 e. The predicted molar refractivity (Wildman–Crippen MR) is 90.1 cm³/mol. The molecule has 0 bridgehead atoms. The number of benzene rings is 1. The zero-order valence-electron chi connectivity index (χ0n) is 13.8. The van der Waals surface area contributed by atoms with Gasteiger partial charge in [-0.3, -0.25) is 4.79 Å². The normalized spacial score (nSPS) is 20.4. The number of hydrogen-bond acceptors (Lipinski definition) is 4. The van der Waals surface area contributed by atoms with E-state index in [2.05, 4.69) is 5.32 Å². The summed E-state index contributed by atoms with van der Waals surface area (Å²) in [6.45, 7) is 2.61. The molecule has 0 radical (unpaired) electrons. The number of carbonyl (C=O) groups excluding carboxylic acids is 1. The highest BCUT2D eigenvalue weighted by atomic mass is 35.5. The van der Waals surface area contributed by atoms with Crippen LogP contribution in [0.3, 0.4) is 0 Å². The number of hydrogen-bond donors (Lipinski definition) is 2. The number of methoxy groups -OCH3 is 2. The van der Waals surface area contributed by atoms with Crippen molar-refractivity contribution in [2.24, 2.45) is 11.8 Å². The van der Waals surface area contributed by atoms with Gasteiger partial charge in [0.1, 0.15) is 11.5 Å². The zero-order chi connectivity index (χ0) is 17.9. The number of nitrogens with one attached hydrogen (secondary N) is 1. The van der Waals surface area contributed by atoms with E-state index in [0.717, 1.165) is 0 Å². The molecule has 1 aromatic carbocycles. The Bertz CT molecular complexity index is 637. The number of likely N-dealkylation sites (tertiary alicyclic amines) is 1. The number of halogens is 1. The quantitative estimate of drug-likeness (QED) is 0.866. The van der Waals surface area contributed by atoms with Crippen LogP contribution in [0.5, 0.6) is 11.5 Å². The third-order valence-electron chi connectivity index (χ3n) is 4.01. The smallest absolute Gasteiger partial charge is 0.321 e. The first-order chi connectivity index (χ1) is 11.3. The SMILES string of the molecule is COc1cc(OC)c(NC(=O)N2CC(C)CC(C(=O)O)C2)cc1Cl. The maximum atomic E-state index is 12.5. The van der Waals surface area contributed by atoms with Gasteiger partial charge in [-0.25, -0.2) is 4.79 Å². The number of ether oxygens (including phenoxy) is 2. The van der Waals surface area contributed by atoms with Gasteiger partial charge < -0.3 is 24.8 Å². The van der Waals surface area contributed by atoms with E-state index in [1.165, 1.54) is 19.1 Å². The van der Waals surface area contributed by atoms with Gasteiger partial charge in [0.2, 0.25) is 0 Å². The van der Waals surface area contributed by atoms with Gasteiger partial charge in [0, 0.05) is 19.2 Å². The summed E-state index contributed by atoms with van der Waals surface area (Å²) in [6.07, 6.45) is 0.566. The predicted octanol–water partition coefficient (Wildman–Crippen LogP) is 2.93. The second-order valence-electron chi connectivity index (χ2n) is 5.90. The number of rotatable bonds is 4. The highest BCUT2D eigenvalue weighted by Gasteiger charge is 2.32. The van der Waals surface area contributed by atoms with E-state index in [9.17, 15) is 14.7 Å². The fourth-order valence-electron chi connectivity index (χ4n) is 2.85. The van der Waals surface area contributed by atoms with E-state index in [1.54, 1.807) is 12.1 Å². The third kappa shape index (κ3) is 4.03. The molecule has 24 heavy (non-hydrogen) atoms. The monoisotopic (exact) mass is 356 g/mol. The van der Waals surface area contributed by atoms with E-state index < -0.39 is 11.9 Å². The van der Waals surface area contributed by atoms with Gasteiger partial charge in [0.15, 0.2) is 0 Å². The lowest BCUT2D eigenvalue weighted by Crippen LogP contribution is -2.47. The van der Waals surface area contributed by atoms with E-state index in [4.69, 9.17) is 21.1 Å². The molecule has 7 nitrogen and oxygen atoms in total. The van der Waals surface area contributed by atoms with Crippen LogP contribution in [0, 0.1) is 11.8 Å². The van der Waals surface area contributed by atoms with Crippen molar-refractivity contribution in [1.29, 1.82) is 0 Å². The van der Waals surface area contributed by atoms with Crippen LogP contribution in [0.4, 0.5) is 10.5 Å². The molecule has 1 aromatic rings. The Morgan fingerprint density at radius 1 is 1.25 bits per heavy atom. The Balaban J connectivity index is 2.17. The van der Waals surface area contributed by atoms with Crippen LogP contribution < -0.4 is 14.8 Å². The summed E-state index contributed by atoms with van der Waals surface area (Å²) >= 11 is 6.09. The van der Waals surface area contributed by atoms with Crippen molar-refractivity contribution in [2.45, 2.75) is 13.3 Å². The van der Waals surface area contributed by atoms with Gasteiger partial charge in [0.25, 0.3) is 0 Å². The molecule has 2 atom stereocenters. The number of urea groups is 1. The van der Waals surface area contributed by atoms with Crippen molar-refractivity contribution in [3.8, 4) is 11.5 Å². The van der Waals surface area contributed by atoms with E-state index in [0.29, 0.717) is 35.2 Å². The fourth-order valence-corrected chi connectivity index (χ4v) is 3.09. The van der Waals surface area contributed by atoms with Crippen LogP contribution in [0.15, 0.2) is 12.1 Å². The third-order valence-corrected chi connectivity index (χ3v) is 4.31. The molecule has 1 heterocycles. The van der Waals surface area contributed by atoms with E-state index in [1.807, 2.05) is 6.92 Å². The average Bonchev–Trinajstić information content (AvgIpc) is 2.54. The number of carboxylic acid groups (broad SMARTS) is 1. The second-order valence-corrected chi connectivity index (χ2v) is 6.31. The van der Waals surface area contributed by atoms with Crippen molar-refractivity contribution < 1.29 is 24.2 Å². The van der Waals surface area contributed by atoms with Gasteiger partial charge in [-0.05, 0) is 18.4 Å². The number of anilines is 1. The summed E-state index contributed by atoms with van der Waals surface area (Å²) in [5, 5.41) is 12.3. The van der Waals surface area contributed by atoms with Gasteiger partial charge >= 0.3 is 12.0 Å². The molecule has 0 aliphatic carbocycles. The molecule has 8 heteroatoms. The molecule has 0 saturated carbocycles. The Morgan fingerprint density at radius 3 is 2.50 bits per heavy atom. The maximum Gasteiger partial charge on any atom is 0.321 e. The topological polar surface area (TPSA) is 88.1 Å². The Morgan fingerprint density at radius 2 is 1.92 bits per heavy atom. The number of carboxylic acids is 1. The molecular weight excluding hydrogens is 336 g/mol. The lowest BCUT2D eigenvalue weighted by Gasteiger charge is -2.34. The van der Waals surface area contributed by atoms with E-state index in [-0.39, 0.29) is 18.5 Å². The van der Waals surface area contributed by atoms with Crippen LogP contribution in [0.1, 0.15) is 13.3 Å². The van der Waals surface area contributed by atoms with Crippen molar-refractivity contribution in [2.75, 3.05) is 32.6 Å². The minimum absolute atomic E-state index is 0.118. The standard InChI is InChI=1S/C16H21ClN2O5/c1-9-4-10(15(20)21)8-19(7-9)16(22)18-12-5-11(17)13(23-2)6-14(12)24-3/h5-6,9-10H,4,7-8H2,1-3H3,(H,18,22)(H,20,21). The first-order valence-electron chi connectivity index (χ1n) is 7.56.